The fourth-order valence-electron chi connectivity index (χ4n) is 1.27. The molecule has 0 saturated carbocycles. The zero-order valence-electron chi connectivity index (χ0n) is 7.35. The second-order valence-corrected chi connectivity index (χ2v) is 2.94. The summed E-state index contributed by atoms with van der Waals surface area (Å²) in [6.07, 6.45) is 1.74. The highest BCUT2D eigenvalue weighted by Crippen LogP contribution is 2.28. The van der Waals surface area contributed by atoms with E-state index in [2.05, 4.69) is 4.98 Å². The lowest BCUT2D eigenvalue weighted by atomic mass is 10.1. The first-order valence-corrected chi connectivity index (χ1v) is 4.51. The Morgan fingerprint density at radius 3 is 2.50 bits per heavy atom. The number of hydrogen-bond acceptors (Lipinski definition) is 2. The molecule has 0 unspecified atom stereocenters. The number of rotatable bonds is 2. The summed E-state index contributed by atoms with van der Waals surface area (Å²) in [5.74, 6) is 0.618. The smallest absolute Gasteiger partial charge is 0.155 e. The topological polar surface area (TPSA) is 22.1 Å². The van der Waals surface area contributed by atoms with Crippen LogP contribution in [0.2, 0.25) is 0 Å². The SMILES string of the molecule is ClOc1ccccc1-c1ccccn1. The molecule has 70 valence electrons. The molecule has 0 saturated heterocycles. The highest BCUT2D eigenvalue weighted by Gasteiger charge is 2.05. The molecular weight excluding hydrogens is 198 g/mol. The van der Waals surface area contributed by atoms with Crippen LogP contribution in [0.3, 0.4) is 0 Å². The third kappa shape index (κ3) is 1.70. The van der Waals surface area contributed by atoms with Crippen LogP contribution in [0.25, 0.3) is 11.3 Å². The van der Waals surface area contributed by atoms with Crippen molar-refractivity contribution in [3.05, 3.63) is 48.7 Å². The van der Waals surface area contributed by atoms with Crippen LogP contribution in [0.5, 0.6) is 5.75 Å². The molecule has 3 heteroatoms. The lowest BCUT2D eigenvalue weighted by Gasteiger charge is -2.04. The van der Waals surface area contributed by atoms with Crippen molar-refractivity contribution in [2.75, 3.05) is 0 Å². The zero-order chi connectivity index (χ0) is 9.80. The normalized spacial score (nSPS) is 9.79. The molecule has 2 rings (SSSR count). The Labute approximate surface area is 87.3 Å². The minimum absolute atomic E-state index is 0.618. The van der Waals surface area contributed by atoms with Crippen molar-refractivity contribution in [3.8, 4) is 17.0 Å². The second-order valence-electron chi connectivity index (χ2n) is 2.79. The molecule has 0 N–H and O–H groups in total. The largest absolute Gasteiger partial charge is 0.385 e. The van der Waals surface area contributed by atoms with Crippen LogP contribution >= 0.6 is 11.9 Å². The van der Waals surface area contributed by atoms with Crippen molar-refractivity contribution in [3.63, 3.8) is 0 Å². The van der Waals surface area contributed by atoms with E-state index in [1.54, 1.807) is 12.3 Å². The summed E-state index contributed by atoms with van der Waals surface area (Å²) in [4.78, 5) is 4.22. The van der Waals surface area contributed by atoms with E-state index < -0.39 is 0 Å². The molecule has 1 aromatic carbocycles. The maximum Gasteiger partial charge on any atom is 0.155 e. The molecule has 14 heavy (non-hydrogen) atoms. The Bertz CT molecular complexity index is 417. The average Bonchev–Trinajstić information content (AvgIpc) is 2.30. The third-order valence-corrected chi connectivity index (χ3v) is 2.08. The number of benzene rings is 1. The Morgan fingerprint density at radius 1 is 1.00 bits per heavy atom. The van der Waals surface area contributed by atoms with Crippen LogP contribution in [-0.2, 0) is 0 Å². The molecule has 1 aromatic heterocycles. The highest BCUT2D eigenvalue weighted by atomic mass is 35.5. The Hall–Kier alpha value is -1.54. The van der Waals surface area contributed by atoms with Gasteiger partial charge in [-0.2, -0.15) is 0 Å². The molecule has 1 heterocycles. The molecule has 0 aliphatic carbocycles. The van der Waals surface area contributed by atoms with Crippen molar-refractivity contribution in [1.82, 2.24) is 4.98 Å². The first kappa shape index (κ1) is 9.03. The predicted molar refractivity (Wildman–Crippen MR) is 56.2 cm³/mol. The molecule has 2 nitrogen and oxygen atoms in total. The molecule has 0 fully saturated rings. The van der Waals surface area contributed by atoms with Gasteiger partial charge in [0, 0.05) is 11.8 Å². The molecular formula is C11H8ClNO. The summed E-state index contributed by atoms with van der Waals surface area (Å²) in [6.45, 7) is 0. The van der Waals surface area contributed by atoms with Crippen LogP contribution in [0, 0.1) is 0 Å². The van der Waals surface area contributed by atoms with E-state index in [9.17, 15) is 0 Å². The first-order valence-electron chi connectivity index (χ1n) is 4.21. The summed E-state index contributed by atoms with van der Waals surface area (Å²) in [7, 11) is 0. The standard InChI is InChI=1S/C11H8ClNO/c12-14-11-7-2-1-5-9(11)10-6-3-4-8-13-10/h1-8H. The maximum atomic E-state index is 5.35. The van der Waals surface area contributed by atoms with Gasteiger partial charge in [0.1, 0.15) is 11.9 Å². The van der Waals surface area contributed by atoms with Crippen molar-refractivity contribution in [1.29, 1.82) is 0 Å². The number of pyridine rings is 1. The van der Waals surface area contributed by atoms with Gasteiger partial charge in [0.05, 0.1) is 5.69 Å². The average molecular weight is 206 g/mol. The molecule has 0 atom stereocenters. The summed E-state index contributed by atoms with van der Waals surface area (Å²) < 4.78 is 4.73. The van der Waals surface area contributed by atoms with Crippen LogP contribution in [-0.4, -0.2) is 4.98 Å². The van der Waals surface area contributed by atoms with Gasteiger partial charge in [-0.15, -0.1) is 0 Å². The number of para-hydroxylation sites is 1. The number of halogens is 1. The van der Waals surface area contributed by atoms with Crippen LogP contribution in [0.1, 0.15) is 0 Å². The molecule has 0 aliphatic heterocycles. The summed E-state index contributed by atoms with van der Waals surface area (Å²) >= 11 is 5.35. The summed E-state index contributed by atoms with van der Waals surface area (Å²) in [6, 6.07) is 13.2. The third-order valence-electron chi connectivity index (χ3n) is 1.91. The van der Waals surface area contributed by atoms with Gasteiger partial charge < -0.3 is 4.29 Å². The molecule has 0 aliphatic rings. The summed E-state index contributed by atoms with van der Waals surface area (Å²) in [5, 5.41) is 0. The maximum absolute atomic E-state index is 5.35. The number of nitrogens with zero attached hydrogens (tertiary/aromatic N) is 1. The van der Waals surface area contributed by atoms with Gasteiger partial charge in [-0.3, -0.25) is 4.98 Å². The van der Waals surface area contributed by atoms with Gasteiger partial charge >= 0.3 is 0 Å². The second kappa shape index (κ2) is 4.11. The molecule has 0 amide bonds. The van der Waals surface area contributed by atoms with Gasteiger partial charge in [-0.25, -0.2) is 0 Å². The monoisotopic (exact) mass is 205 g/mol. The van der Waals surface area contributed by atoms with E-state index in [1.165, 1.54) is 0 Å². The van der Waals surface area contributed by atoms with E-state index in [1.807, 2.05) is 36.4 Å². The highest BCUT2D eigenvalue weighted by molar-refractivity contribution is 6.09. The van der Waals surface area contributed by atoms with Crippen LogP contribution < -0.4 is 4.29 Å². The van der Waals surface area contributed by atoms with Crippen molar-refractivity contribution in [2.24, 2.45) is 0 Å². The van der Waals surface area contributed by atoms with Gasteiger partial charge in [-0.05, 0) is 24.3 Å². The van der Waals surface area contributed by atoms with Crippen LogP contribution in [0.4, 0.5) is 0 Å². The summed E-state index contributed by atoms with van der Waals surface area (Å²) in [5.41, 5.74) is 1.74. The molecule has 0 radical (unpaired) electrons. The fraction of sp³-hybridized carbons (Fsp3) is 0. The molecule has 0 bridgehead atoms. The number of aromatic nitrogens is 1. The van der Waals surface area contributed by atoms with E-state index >= 15 is 0 Å². The number of hydrogen-bond donors (Lipinski definition) is 0. The van der Waals surface area contributed by atoms with Crippen LogP contribution in [0.15, 0.2) is 48.7 Å². The Balaban J connectivity index is 2.51. The first-order chi connectivity index (χ1) is 6.92. The zero-order valence-corrected chi connectivity index (χ0v) is 8.11. The van der Waals surface area contributed by atoms with Gasteiger partial charge in [-0.1, -0.05) is 18.2 Å². The van der Waals surface area contributed by atoms with Gasteiger partial charge in [0.2, 0.25) is 0 Å². The van der Waals surface area contributed by atoms with E-state index in [0.29, 0.717) is 5.75 Å². The van der Waals surface area contributed by atoms with E-state index in [-0.39, 0.29) is 0 Å². The lowest BCUT2D eigenvalue weighted by molar-refractivity contribution is 0.621. The van der Waals surface area contributed by atoms with Gasteiger partial charge in [0.25, 0.3) is 0 Å². The minimum atomic E-state index is 0.618. The lowest BCUT2D eigenvalue weighted by Crippen LogP contribution is -1.85. The fourth-order valence-corrected chi connectivity index (χ4v) is 1.40. The van der Waals surface area contributed by atoms with Crippen molar-refractivity contribution in [2.45, 2.75) is 0 Å². The van der Waals surface area contributed by atoms with Gasteiger partial charge in [0.15, 0.2) is 5.75 Å². The van der Waals surface area contributed by atoms with E-state index in [0.717, 1.165) is 11.3 Å². The van der Waals surface area contributed by atoms with Crippen molar-refractivity contribution >= 4 is 11.9 Å². The Kier molecular flexibility index (Phi) is 2.65. The Morgan fingerprint density at radius 2 is 1.79 bits per heavy atom. The molecule has 0 spiro atoms. The van der Waals surface area contributed by atoms with Crippen molar-refractivity contribution < 1.29 is 4.29 Å². The minimum Gasteiger partial charge on any atom is -0.385 e. The predicted octanol–water partition coefficient (Wildman–Crippen LogP) is 3.28. The van der Waals surface area contributed by atoms with E-state index in [4.69, 9.17) is 16.2 Å². The quantitative estimate of drug-likeness (QED) is 0.751. The molecule has 2 aromatic rings.